The van der Waals surface area contributed by atoms with Gasteiger partial charge in [0, 0.05) is 4.47 Å². The Morgan fingerprint density at radius 1 is 1.77 bits per heavy atom. The molecule has 0 aromatic carbocycles. The first-order valence-corrected chi connectivity index (χ1v) is 4.39. The van der Waals surface area contributed by atoms with Crippen LogP contribution in [0.1, 0.15) is 5.69 Å². The van der Waals surface area contributed by atoms with Crippen LogP contribution in [0.3, 0.4) is 0 Å². The normalized spacial score (nSPS) is 9.69. The zero-order valence-corrected chi connectivity index (χ0v) is 8.67. The molecule has 0 aliphatic carbocycles. The Morgan fingerprint density at radius 3 is 3.00 bits per heavy atom. The van der Waals surface area contributed by atoms with E-state index >= 15 is 0 Å². The van der Waals surface area contributed by atoms with Crippen molar-refractivity contribution in [3.8, 4) is 0 Å². The van der Waals surface area contributed by atoms with E-state index in [1.165, 1.54) is 13.3 Å². The molecule has 4 nitrogen and oxygen atoms in total. The minimum Gasteiger partial charge on any atom is -0.469 e. The molecular weight excluding hydrogens is 236 g/mol. The number of methoxy groups -OCH3 is 1. The van der Waals surface area contributed by atoms with Gasteiger partial charge < -0.3 is 10.5 Å². The molecule has 0 aliphatic heterocycles. The third kappa shape index (κ3) is 2.69. The first kappa shape index (κ1) is 9.98. The summed E-state index contributed by atoms with van der Waals surface area (Å²) in [7, 11) is 1.34. The molecule has 1 aromatic heterocycles. The minimum atomic E-state index is -0.316. The Labute approximate surface area is 84.2 Å². The van der Waals surface area contributed by atoms with Crippen LogP contribution in [0.4, 0.5) is 5.69 Å². The SMILES string of the molecule is COC(=O)Cc1cc(Br)c(N)cn1. The summed E-state index contributed by atoms with van der Waals surface area (Å²) in [5, 5.41) is 0. The lowest BCUT2D eigenvalue weighted by atomic mass is 10.2. The average molecular weight is 245 g/mol. The summed E-state index contributed by atoms with van der Waals surface area (Å²) < 4.78 is 5.24. The number of hydrogen-bond donors (Lipinski definition) is 1. The fourth-order valence-electron chi connectivity index (χ4n) is 0.798. The molecule has 0 saturated carbocycles. The van der Waals surface area contributed by atoms with Gasteiger partial charge in [-0.3, -0.25) is 9.78 Å². The van der Waals surface area contributed by atoms with E-state index in [-0.39, 0.29) is 12.4 Å². The van der Waals surface area contributed by atoms with Crippen molar-refractivity contribution in [3.63, 3.8) is 0 Å². The van der Waals surface area contributed by atoms with Gasteiger partial charge in [0.25, 0.3) is 0 Å². The smallest absolute Gasteiger partial charge is 0.311 e. The summed E-state index contributed by atoms with van der Waals surface area (Å²) in [5.74, 6) is -0.316. The number of halogens is 1. The highest BCUT2D eigenvalue weighted by molar-refractivity contribution is 9.10. The number of pyridine rings is 1. The lowest BCUT2D eigenvalue weighted by Crippen LogP contribution is -2.06. The molecule has 0 aliphatic rings. The molecule has 0 bridgehead atoms. The van der Waals surface area contributed by atoms with E-state index in [2.05, 4.69) is 25.7 Å². The van der Waals surface area contributed by atoms with Crippen LogP contribution < -0.4 is 5.73 Å². The predicted molar refractivity (Wildman–Crippen MR) is 52.1 cm³/mol. The highest BCUT2D eigenvalue weighted by Crippen LogP contribution is 2.18. The van der Waals surface area contributed by atoms with Crippen LogP contribution >= 0.6 is 15.9 Å². The number of carbonyl (C=O) groups is 1. The Bertz CT molecular complexity index is 328. The van der Waals surface area contributed by atoms with Crippen molar-refractivity contribution < 1.29 is 9.53 Å². The average Bonchev–Trinajstić information content (AvgIpc) is 2.11. The lowest BCUT2D eigenvalue weighted by Gasteiger charge is -2.01. The van der Waals surface area contributed by atoms with Gasteiger partial charge in [-0.15, -0.1) is 0 Å². The van der Waals surface area contributed by atoms with Crippen molar-refractivity contribution in [1.29, 1.82) is 0 Å². The van der Waals surface area contributed by atoms with E-state index in [9.17, 15) is 4.79 Å². The summed E-state index contributed by atoms with van der Waals surface area (Å²) in [6.45, 7) is 0. The first-order chi connectivity index (χ1) is 6.13. The number of aromatic nitrogens is 1. The van der Waals surface area contributed by atoms with E-state index in [0.717, 1.165) is 4.47 Å². The molecular formula is C8H9BrN2O2. The maximum atomic E-state index is 10.9. The Balaban J connectivity index is 2.79. The van der Waals surface area contributed by atoms with Crippen molar-refractivity contribution in [2.24, 2.45) is 0 Å². The number of nitrogen functional groups attached to an aromatic ring is 1. The molecule has 0 radical (unpaired) electrons. The van der Waals surface area contributed by atoms with Crippen molar-refractivity contribution in [1.82, 2.24) is 4.98 Å². The molecule has 1 rings (SSSR count). The fraction of sp³-hybridized carbons (Fsp3) is 0.250. The number of ether oxygens (including phenoxy) is 1. The summed E-state index contributed by atoms with van der Waals surface area (Å²) in [4.78, 5) is 14.8. The molecule has 5 heteroatoms. The number of anilines is 1. The van der Waals surface area contributed by atoms with Gasteiger partial charge in [0.1, 0.15) is 0 Å². The highest BCUT2D eigenvalue weighted by atomic mass is 79.9. The second-order valence-corrected chi connectivity index (χ2v) is 3.30. The zero-order chi connectivity index (χ0) is 9.84. The van der Waals surface area contributed by atoms with E-state index in [1.807, 2.05) is 0 Å². The lowest BCUT2D eigenvalue weighted by molar-refractivity contribution is -0.139. The minimum absolute atomic E-state index is 0.162. The summed E-state index contributed by atoms with van der Waals surface area (Å²) in [6, 6.07) is 1.70. The maximum absolute atomic E-state index is 10.9. The number of carbonyl (C=O) groups excluding carboxylic acids is 1. The molecule has 0 amide bonds. The molecule has 1 heterocycles. The highest BCUT2D eigenvalue weighted by Gasteiger charge is 2.05. The number of nitrogens with two attached hydrogens (primary N) is 1. The van der Waals surface area contributed by atoms with E-state index in [1.54, 1.807) is 6.07 Å². The Hall–Kier alpha value is -1.10. The third-order valence-corrected chi connectivity index (χ3v) is 2.18. The molecule has 0 saturated heterocycles. The molecule has 0 fully saturated rings. The van der Waals surface area contributed by atoms with Crippen LogP contribution in [0.15, 0.2) is 16.7 Å². The number of hydrogen-bond acceptors (Lipinski definition) is 4. The van der Waals surface area contributed by atoms with Crippen molar-refractivity contribution in [3.05, 3.63) is 22.4 Å². The van der Waals surface area contributed by atoms with Gasteiger partial charge in [0.2, 0.25) is 0 Å². The largest absolute Gasteiger partial charge is 0.469 e. The van der Waals surface area contributed by atoms with Gasteiger partial charge >= 0.3 is 5.97 Å². The van der Waals surface area contributed by atoms with E-state index in [0.29, 0.717) is 11.4 Å². The first-order valence-electron chi connectivity index (χ1n) is 3.60. The topological polar surface area (TPSA) is 65.2 Å². The molecule has 70 valence electrons. The summed E-state index contributed by atoms with van der Waals surface area (Å²) >= 11 is 3.24. The van der Waals surface area contributed by atoms with Crippen LogP contribution in [-0.4, -0.2) is 18.1 Å². The van der Waals surface area contributed by atoms with Crippen LogP contribution in [0.5, 0.6) is 0 Å². The number of rotatable bonds is 2. The predicted octanol–water partition coefficient (Wildman–Crippen LogP) is 1.14. The Morgan fingerprint density at radius 2 is 2.46 bits per heavy atom. The summed E-state index contributed by atoms with van der Waals surface area (Å²) in [6.07, 6.45) is 1.66. The van der Waals surface area contributed by atoms with Gasteiger partial charge in [-0.1, -0.05) is 0 Å². The number of esters is 1. The van der Waals surface area contributed by atoms with Crippen molar-refractivity contribution in [2.45, 2.75) is 6.42 Å². The van der Waals surface area contributed by atoms with Gasteiger partial charge in [0.05, 0.1) is 31.1 Å². The van der Waals surface area contributed by atoms with Crippen molar-refractivity contribution in [2.75, 3.05) is 12.8 Å². The third-order valence-electron chi connectivity index (χ3n) is 1.49. The number of nitrogens with zero attached hydrogens (tertiary/aromatic N) is 1. The van der Waals surface area contributed by atoms with Gasteiger partial charge in [-0.25, -0.2) is 0 Å². The van der Waals surface area contributed by atoms with Crippen LogP contribution in [0, 0.1) is 0 Å². The molecule has 1 aromatic rings. The van der Waals surface area contributed by atoms with Gasteiger partial charge in [0.15, 0.2) is 0 Å². The van der Waals surface area contributed by atoms with Crippen molar-refractivity contribution >= 4 is 27.6 Å². The second kappa shape index (κ2) is 4.23. The quantitative estimate of drug-likeness (QED) is 0.793. The fourth-order valence-corrected chi connectivity index (χ4v) is 1.16. The van der Waals surface area contributed by atoms with Crippen LogP contribution in [0.25, 0.3) is 0 Å². The van der Waals surface area contributed by atoms with Gasteiger partial charge in [-0.05, 0) is 22.0 Å². The monoisotopic (exact) mass is 244 g/mol. The summed E-state index contributed by atoms with van der Waals surface area (Å²) in [5.41, 5.74) is 6.71. The van der Waals surface area contributed by atoms with E-state index in [4.69, 9.17) is 5.73 Å². The molecule has 0 spiro atoms. The zero-order valence-electron chi connectivity index (χ0n) is 7.08. The molecule has 0 unspecified atom stereocenters. The van der Waals surface area contributed by atoms with E-state index < -0.39 is 0 Å². The molecule has 13 heavy (non-hydrogen) atoms. The Kier molecular flexibility index (Phi) is 3.25. The van der Waals surface area contributed by atoms with Crippen LogP contribution in [-0.2, 0) is 16.0 Å². The maximum Gasteiger partial charge on any atom is 0.311 e. The standard InChI is InChI=1S/C8H9BrN2O2/c1-13-8(12)3-5-2-6(9)7(10)4-11-5/h2,4H,3,10H2,1H3. The van der Waals surface area contributed by atoms with Crippen LogP contribution in [0.2, 0.25) is 0 Å². The second-order valence-electron chi connectivity index (χ2n) is 2.45. The van der Waals surface area contributed by atoms with Gasteiger partial charge in [-0.2, -0.15) is 0 Å². The molecule has 0 atom stereocenters. The molecule has 2 N–H and O–H groups in total.